The number of aryl methyl sites for hydroxylation is 1. The Morgan fingerprint density at radius 1 is 1.20 bits per heavy atom. The van der Waals surface area contributed by atoms with Gasteiger partial charge in [0.25, 0.3) is 0 Å². The number of amides is 1. The second-order valence-corrected chi connectivity index (χ2v) is 8.54. The largest absolute Gasteiger partial charge is 0.444 e. The lowest BCUT2D eigenvalue weighted by atomic mass is 9.74. The van der Waals surface area contributed by atoms with Crippen LogP contribution in [0.25, 0.3) is 0 Å². The van der Waals surface area contributed by atoms with E-state index >= 15 is 0 Å². The summed E-state index contributed by atoms with van der Waals surface area (Å²) in [5, 5.41) is 0. The predicted octanol–water partition coefficient (Wildman–Crippen LogP) is 4.47. The number of ketones is 1. The average Bonchev–Trinajstić information content (AvgIpc) is 2.53. The van der Waals surface area contributed by atoms with Gasteiger partial charge in [0.05, 0.1) is 0 Å². The van der Waals surface area contributed by atoms with Gasteiger partial charge in [-0.3, -0.25) is 4.79 Å². The van der Waals surface area contributed by atoms with Crippen LogP contribution >= 0.6 is 0 Å². The molecule has 3 rings (SSSR count). The molecule has 0 saturated carbocycles. The van der Waals surface area contributed by atoms with Gasteiger partial charge in [-0.15, -0.1) is 0 Å². The molecule has 25 heavy (non-hydrogen) atoms. The van der Waals surface area contributed by atoms with E-state index in [4.69, 9.17) is 4.74 Å². The Bertz CT molecular complexity index is 661. The lowest BCUT2D eigenvalue weighted by Crippen LogP contribution is -2.53. The molecule has 1 saturated heterocycles. The average molecular weight is 343 g/mol. The van der Waals surface area contributed by atoms with E-state index in [9.17, 15) is 9.59 Å². The highest BCUT2D eigenvalue weighted by Crippen LogP contribution is 2.36. The first kappa shape index (κ1) is 18.0. The van der Waals surface area contributed by atoms with Gasteiger partial charge in [0.1, 0.15) is 5.60 Å². The summed E-state index contributed by atoms with van der Waals surface area (Å²) in [7, 11) is 0. The maximum atomic E-state index is 13.1. The van der Waals surface area contributed by atoms with Crippen molar-refractivity contribution in [3.8, 4) is 0 Å². The zero-order chi connectivity index (χ0) is 18.2. The molecule has 136 valence electrons. The molecule has 4 nitrogen and oxygen atoms in total. The third kappa shape index (κ3) is 3.88. The van der Waals surface area contributed by atoms with Crippen molar-refractivity contribution in [3.05, 3.63) is 35.4 Å². The number of benzene rings is 1. The number of rotatable bonds is 1. The van der Waals surface area contributed by atoms with Crippen molar-refractivity contribution in [2.24, 2.45) is 11.8 Å². The molecule has 0 radical (unpaired) electrons. The quantitative estimate of drug-likeness (QED) is 0.756. The van der Waals surface area contributed by atoms with E-state index in [-0.39, 0.29) is 23.8 Å². The Balaban J connectivity index is 1.84. The molecule has 1 heterocycles. The molecule has 1 aliphatic carbocycles. The number of Topliss-reactive ketones (excluding diaryl/α,β-unsaturated/α-hetero) is 1. The van der Waals surface area contributed by atoms with E-state index in [1.807, 2.05) is 49.9 Å². The smallest absolute Gasteiger partial charge is 0.410 e. The van der Waals surface area contributed by atoms with Gasteiger partial charge in [0.15, 0.2) is 5.78 Å². The molecule has 0 bridgehead atoms. The van der Waals surface area contributed by atoms with Crippen LogP contribution in [0, 0.1) is 11.8 Å². The number of carbonyl (C=O) groups excluding carboxylic acids is 2. The van der Waals surface area contributed by atoms with E-state index in [0.29, 0.717) is 12.5 Å². The van der Waals surface area contributed by atoms with Crippen LogP contribution in [0.4, 0.5) is 4.79 Å². The van der Waals surface area contributed by atoms with Gasteiger partial charge in [0, 0.05) is 24.1 Å². The normalized spacial score (nSPS) is 27.0. The zero-order valence-electron chi connectivity index (χ0n) is 15.7. The van der Waals surface area contributed by atoms with Gasteiger partial charge in [0.2, 0.25) is 0 Å². The topological polar surface area (TPSA) is 46.6 Å². The Labute approximate surface area is 150 Å². The molecule has 3 atom stereocenters. The minimum absolute atomic E-state index is 0.0561. The van der Waals surface area contributed by atoms with E-state index in [1.54, 1.807) is 0 Å². The van der Waals surface area contributed by atoms with Crippen molar-refractivity contribution in [3.63, 3.8) is 0 Å². The van der Waals surface area contributed by atoms with Crippen LogP contribution in [0.15, 0.2) is 24.3 Å². The second kappa shape index (κ2) is 6.81. The van der Waals surface area contributed by atoms with Crippen LogP contribution in [0.1, 0.15) is 62.9 Å². The van der Waals surface area contributed by atoms with Gasteiger partial charge in [-0.2, -0.15) is 0 Å². The van der Waals surface area contributed by atoms with Crippen LogP contribution in [0.3, 0.4) is 0 Å². The Morgan fingerprint density at radius 2 is 1.92 bits per heavy atom. The summed E-state index contributed by atoms with van der Waals surface area (Å²) >= 11 is 0. The van der Waals surface area contributed by atoms with Crippen molar-refractivity contribution in [2.75, 3.05) is 6.54 Å². The first-order valence-electron chi connectivity index (χ1n) is 9.38. The van der Waals surface area contributed by atoms with Gasteiger partial charge >= 0.3 is 6.09 Å². The molecule has 1 aromatic rings. The number of fused-ring (bicyclic) bond motifs is 1. The summed E-state index contributed by atoms with van der Waals surface area (Å²) in [5.74, 6) is 0.591. The standard InChI is InChI=1S/C21H29NO3/c1-14-11-12-22(20(24)25-21(2,3)4)18(13-14)17-10-9-15-7-5-6-8-16(15)19(17)23/h5-8,14,17-18H,9-13H2,1-4H3. The van der Waals surface area contributed by atoms with Crippen molar-refractivity contribution >= 4 is 11.9 Å². The number of hydrogen-bond acceptors (Lipinski definition) is 3. The maximum absolute atomic E-state index is 13.1. The summed E-state index contributed by atoms with van der Waals surface area (Å²) in [6, 6.07) is 7.82. The Hall–Kier alpha value is -1.84. The highest BCUT2D eigenvalue weighted by Gasteiger charge is 2.42. The fraction of sp³-hybridized carbons (Fsp3) is 0.619. The first-order valence-corrected chi connectivity index (χ1v) is 9.38. The van der Waals surface area contributed by atoms with Gasteiger partial charge in [-0.25, -0.2) is 4.79 Å². The van der Waals surface area contributed by atoms with Crippen molar-refractivity contribution in [1.82, 2.24) is 4.90 Å². The van der Waals surface area contributed by atoms with E-state index in [1.165, 1.54) is 0 Å². The molecule has 1 aromatic carbocycles. The summed E-state index contributed by atoms with van der Waals surface area (Å²) in [5.41, 5.74) is 1.45. The molecular formula is C21H29NO3. The minimum Gasteiger partial charge on any atom is -0.444 e. The third-order valence-corrected chi connectivity index (χ3v) is 5.34. The molecule has 2 aliphatic rings. The molecule has 4 heteroatoms. The Kier molecular flexibility index (Phi) is 4.90. The van der Waals surface area contributed by atoms with Crippen LogP contribution in [0.5, 0.6) is 0 Å². The first-order chi connectivity index (χ1) is 11.8. The van der Waals surface area contributed by atoms with E-state index in [0.717, 1.165) is 36.8 Å². The monoisotopic (exact) mass is 343 g/mol. The lowest BCUT2D eigenvalue weighted by Gasteiger charge is -2.43. The molecule has 0 N–H and O–H groups in total. The summed E-state index contributed by atoms with van der Waals surface area (Å²) in [6.45, 7) is 8.53. The maximum Gasteiger partial charge on any atom is 0.410 e. The number of ether oxygens (including phenoxy) is 1. The molecule has 0 aromatic heterocycles. The lowest BCUT2D eigenvalue weighted by molar-refractivity contribution is -0.00340. The van der Waals surface area contributed by atoms with Crippen LogP contribution in [-0.4, -0.2) is 35.0 Å². The number of hydrogen-bond donors (Lipinski definition) is 0. The van der Waals surface area contributed by atoms with Crippen LogP contribution in [-0.2, 0) is 11.2 Å². The number of piperidine rings is 1. The highest BCUT2D eigenvalue weighted by atomic mass is 16.6. The molecule has 1 fully saturated rings. The van der Waals surface area contributed by atoms with Gasteiger partial charge in [-0.1, -0.05) is 31.2 Å². The summed E-state index contributed by atoms with van der Waals surface area (Å²) in [4.78, 5) is 27.6. The number of nitrogens with zero attached hydrogens (tertiary/aromatic N) is 1. The van der Waals surface area contributed by atoms with Gasteiger partial charge < -0.3 is 9.64 Å². The molecule has 1 amide bonds. The van der Waals surface area contributed by atoms with Crippen molar-refractivity contribution in [1.29, 1.82) is 0 Å². The second-order valence-electron chi connectivity index (χ2n) is 8.54. The van der Waals surface area contributed by atoms with Crippen molar-refractivity contribution in [2.45, 2.75) is 65.0 Å². The van der Waals surface area contributed by atoms with E-state index in [2.05, 4.69) is 6.92 Å². The SMILES string of the molecule is CC1CCN(C(=O)OC(C)(C)C)C(C2CCc3ccccc3C2=O)C1. The predicted molar refractivity (Wildman–Crippen MR) is 97.7 cm³/mol. The Morgan fingerprint density at radius 3 is 2.64 bits per heavy atom. The molecule has 3 unspecified atom stereocenters. The minimum atomic E-state index is -0.520. The fourth-order valence-electron chi connectivity index (χ4n) is 4.10. The highest BCUT2D eigenvalue weighted by molar-refractivity contribution is 6.00. The van der Waals surface area contributed by atoms with Gasteiger partial charge in [-0.05, 0) is 57.9 Å². The fourth-order valence-corrected chi connectivity index (χ4v) is 4.10. The summed E-state index contributed by atoms with van der Waals surface area (Å²) < 4.78 is 5.61. The molecule has 0 spiro atoms. The number of carbonyl (C=O) groups is 2. The number of likely N-dealkylation sites (tertiary alicyclic amines) is 1. The molecular weight excluding hydrogens is 314 g/mol. The van der Waals surface area contributed by atoms with Crippen LogP contribution in [0.2, 0.25) is 0 Å². The third-order valence-electron chi connectivity index (χ3n) is 5.34. The van der Waals surface area contributed by atoms with Crippen molar-refractivity contribution < 1.29 is 14.3 Å². The zero-order valence-corrected chi connectivity index (χ0v) is 15.7. The van der Waals surface area contributed by atoms with Crippen LogP contribution < -0.4 is 0 Å². The summed E-state index contributed by atoms with van der Waals surface area (Å²) in [6.07, 6.45) is 3.27. The molecule has 1 aliphatic heterocycles. The van der Waals surface area contributed by atoms with E-state index < -0.39 is 5.60 Å².